The van der Waals surface area contributed by atoms with E-state index in [4.69, 9.17) is 16.0 Å². The number of nitrogens with one attached hydrogen (secondary N) is 2. The van der Waals surface area contributed by atoms with Gasteiger partial charge in [0.05, 0.1) is 19.3 Å². The summed E-state index contributed by atoms with van der Waals surface area (Å²) in [5.41, 5.74) is 13.2. The van der Waals surface area contributed by atoms with Crippen LogP contribution in [-0.4, -0.2) is 51.2 Å². The van der Waals surface area contributed by atoms with Crippen molar-refractivity contribution in [2.24, 2.45) is 10.8 Å². The van der Waals surface area contributed by atoms with E-state index in [-0.39, 0.29) is 30.8 Å². The van der Waals surface area contributed by atoms with E-state index in [0.717, 1.165) is 12.8 Å². The summed E-state index contributed by atoms with van der Waals surface area (Å²) < 4.78 is 5.12. The van der Waals surface area contributed by atoms with E-state index in [2.05, 4.69) is 20.7 Å². The van der Waals surface area contributed by atoms with Gasteiger partial charge in [0.2, 0.25) is 11.8 Å². The minimum absolute atomic E-state index is 0.0844. The molecule has 0 aromatic heterocycles. The van der Waals surface area contributed by atoms with E-state index in [1.165, 1.54) is 0 Å². The second-order valence-electron chi connectivity index (χ2n) is 4.41. The van der Waals surface area contributed by atoms with Crippen LogP contribution in [0.25, 0.3) is 10.4 Å². The molecule has 0 spiro atoms. The minimum Gasteiger partial charge on any atom is -0.381 e. The second kappa shape index (κ2) is 13.2. The van der Waals surface area contributed by atoms with Crippen molar-refractivity contribution in [1.82, 2.24) is 10.6 Å². The van der Waals surface area contributed by atoms with Crippen LogP contribution in [0, 0.1) is 0 Å². The van der Waals surface area contributed by atoms with Gasteiger partial charge in [-0.1, -0.05) is 5.11 Å². The number of carbonyl (C=O) groups excluding carboxylic acids is 2. The van der Waals surface area contributed by atoms with Crippen LogP contribution < -0.4 is 16.4 Å². The van der Waals surface area contributed by atoms with Gasteiger partial charge in [-0.25, -0.2) is 0 Å². The molecule has 0 fully saturated rings. The van der Waals surface area contributed by atoms with Crippen LogP contribution in [0.1, 0.15) is 25.7 Å². The molecule has 2 amide bonds. The largest absolute Gasteiger partial charge is 0.381 e. The van der Waals surface area contributed by atoms with Crippen LogP contribution in [0.2, 0.25) is 0 Å². The van der Waals surface area contributed by atoms with Gasteiger partial charge in [0, 0.05) is 24.4 Å². The summed E-state index contributed by atoms with van der Waals surface area (Å²) in [6.07, 6.45) is 2.52. The predicted octanol–water partition coefficient (Wildman–Crippen LogP) is 0.0632. The molecular formula is C12H24N6O3. The van der Waals surface area contributed by atoms with E-state index in [9.17, 15) is 9.59 Å². The van der Waals surface area contributed by atoms with Crippen molar-refractivity contribution in [3.05, 3.63) is 10.4 Å². The fraction of sp³-hybridized carbons (Fsp3) is 0.833. The molecule has 0 saturated carbocycles. The third kappa shape index (κ3) is 11.7. The maximum absolute atomic E-state index is 11.4. The number of hydrogen-bond donors (Lipinski definition) is 3. The van der Waals surface area contributed by atoms with Gasteiger partial charge in [-0.3, -0.25) is 9.59 Å². The lowest BCUT2D eigenvalue weighted by molar-refractivity contribution is -0.122. The highest BCUT2D eigenvalue weighted by Crippen LogP contribution is 1.99. The SMILES string of the molecule is CNC(CCCCNC(=O)CCOCCN=[N+]=[N-])C(N)=O. The van der Waals surface area contributed by atoms with E-state index < -0.39 is 0 Å². The summed E-state index contributed by atoms with van der Waals surface area (Å²) in [7, 11) is 1.69. The number of likely N-dealkylation sites (N-methyl/N-ethyl adjacent to an activating group) is 1. The minimum atomic E-state index is -0.362. The van der Waals surface area contributed by atoms with Crippen molar-refractivity contribution in [2.45, 2.75) is 31.7 Å². The maximum Gasteiger partial charge on any atom is 0.234 e. The molecule has 0 saturated heterocycles. The lowest BCUT2D eigenvalue weighted by atomic mass is 10.1. The molecule has 0 radical (unpaired) electrons. The van der Waals surface area contributed by atoms with Crippen molar-refractivity contribution in [3.8, 4) is 0 Å². The molecule has 1 atom stereocenters. The first-order valence-corrected chi connectivity index (χ1v) is 6.93. The summed E-state index contributed by atoms with van der Waals surface area (Å²) in [6, 6.07) is -0.315. The number of unbranched alkanes of at least 4 members (excludes halogenated alkanes) is 1. The van der Waals surface area contributed by atoms with Crippen molar-refractivity contribution in [2.75, 3.05) is 33.4 Å². The molecule has 1 unspecified atom stereocenters. The molecule has 21 heavy (non-hydrogen) atoms. The first kappa shape index (κ1) is 19.2. The van der Waals surface area contributed by atoms with Crippen LogP contribution in [0.5, 0.6) is 0 Å². The average molecular weight is 300 g/mol. The number of hydrogen-bond acceptors (Lipinski definition) is 5. The zero-order valence-corrected chi connectivity index (χ0v) is 12.4. The van der Waals surface area contributed by atoms with Gasteiger partial charge >= 0.3 is 0 Å². The number of ether oxygens (including phenoxy) is 1. The van der Waals surface area contributed by atoms with Crippen molar-refractivity contribution < 1.29 is 14.3 Å². The van der Waals surface area contributed by atoms with Crippen LogP contribution in [0.15, 0.2) is 5.11 Å². The molecule has 0 aliphatic carbocycles. The summed E-state index contributed by atoms with van der Waals surface area (Å²) in [4.78, 5) is 25.0. The number of carbonyl (C=O) groups is 2. The lowest BCUT2D eigenvalue weighted by Gasteiger charge is -2.11. The monoisotopic (exact) mass is 300 g/mol. The molecule has 9 heteroatoms. The number of azide groups is 1. The molecule has 0 heterocycles. The predicted molar refractivity (Wildman–Crippen MR) is 78.4 cm³/mol. The van der Waals surface area contributed by atoms with E-state index >= 15 is 0 Å². The van der Waals surface area contributed by atoms with Gasteiger partial charge in [0.15, 0.2) is 0 Å². The Bertz CT molecular complexity index is 357. The van der Waals surface area contributed by atoms with Crippen LogP contribution >= 0.6 is 0 Å². The Labute approximate surface area is 124 Å². The Morgan fingerprint density at radius 2 is 2.14 bits per heavy atom. The molecule has 0 bridgehead atoms. The highest BCUT2D eigenvalue weighted by Gasteiger charge is 2.11. The van der Waals surface area contributed by atoms with E-state index in [1.807, 2.05) is 0 Å². The first-order chi connectivity index (χ1) is 10.1. The third-order valence-electron chi connectivity index (χ3n) is 2.81. The average Bonchev–Trinajstić information content (AvgIpc) is 2.46. The molecule has 9 nitrogen and oxygen atoms in total. The zero-order valence-electron chi connectivity index (χ0n) is 12.4. The van der Waals surface area contributed by atoms with Crippen LogP contribution in [0.3, 0.4) is 0 Å². The second-order valence-corrected chi connectivity index (χ2v) is 4.41. The molecule has 0 aromatic rings. The fourth-order valence-corrected chi connectivity index (χ4v) is 1.64. The molecule has 0 aromatic carbocycles. The Morgan fingerprint density at radius 1 is 1.38 bits per heavy atom. The highest BCUT2D eigenvalue weighted by atomic mass is 16.5. The standard InChI is InChI=1S/C12H24N6O3/c1-15-10(12(13)20)4-2-3-6-16-11(19)5-8-21-9-7-17-18-14/h10,15H,2-9H2,1H3,(H2,13,20)(H,16,19). The molecule has 0 rings (SSSR count). The van der Waals surface area contributed by atoms with Crippen molar-refractivity contribution in [1.29, 1.82) is 0 Å². The zero-order chi connectivity index (χ0) is 15.9. The first-order valence-electron chi connectivity index (χ1n) is 6.93. The number of primary amides is 1. The fourth-order valence-electron chi connectivity index (χ4n) is 1.64. The van der Waals surface area contributed by atoms with Gasteiger partial charge < -0.3 is 21.1 Å². The molecule has 4 N–H and O–H groups in total. The van der Waals surface area contributed by atoms with Gasteiger partial charge in [-0.05, 0) is 31.8 Å². The van der Waals surface area contributed by atoms with E-state index in [0.29, 0.717) is 26.2 Å². The smallest absolute Gasteiger partial charge is 0.234 e. The van der Waals surface area contributed by atoms with Gasteiger partial charge in [0.1, 0.15) is 0 Å². The summed E-state index contributed by atoms with van der Waals surface area (Å²) in [5.74, 6) is -0.446. The van der Waals surface area contributed by atoms with Gasteiger partial charge in [-0.2, -0.15) is 0 Å². The lowest BCUT2D eigenvalue weighted by Crippen LogP contribution is -2.39. The topological polar surface area (TPSA) is 142 Å². The van der Waals surface area contributed by atoms with Crippen molar-refractivity contribution >= 4 is 11.8 Å². The van der Waals surface area contributed by atoms with Crippen LogP contribution in [0.4, 0.5) is 0 Å². The van der Waals surface area contributed by atoms with Gasteiger partial charge in [-0.15, -0.1) is 0 Å². The molecule has 0 aliphatic rings. The Morgan fingerprint density at radius 3 is 2.76 bits per heavy atom. The summed E-state index contributed by atoms with van der Waals surface area (Å²) >= 11 is 0. The Hall–Kier alpha value is -1.83. The Kier molecular flexibility index (Phi) is 12.0. The highest BCUT2D eigenvalue weighted by molar-refractivity contribution is 5.79. The van der Waals surface area contributed by atoms with Gasteiger partial charge in [0.25, 0.3) is 0 Å². The Balaban J connectivity index is 3.45. The summed E-state index contributed by atoms with van der Waals surface area (Å²) in [5, 5.41) is 8.92. The molecule has 0 aliphatic heterocycles. The normalized spacial score (nSPS) is 11.5. The molecular weight excluding hydrogens is 276 g/mol. The summed E-state index contributed by atoms with van der Waals surface area (Å²) in [6.45, 7) is 1.45. The van der Waals surface area contributed by atoms with Crippen LogP contribution in [-0.2, 0) is 14.3 Å². The van der Waals surface area contributed by atoms with Crippen molar-refractivity contribution in [3.63, 3.8) is 0 Å². The quantitative estimate of drug-likeness (QED) is 0.191. The number of amides is 2. The number of nitrogens with two attached hydrogens (primary N) is 1. The third-order valence-corrected chi connectivity index (χ3v) is 2.81. The van der Waals surface area contributed by atoms with E-state index in [1.54, 1.807) is 7.05 Å². The maximum atomic E-state index is 11.4. The number of nitrogens with zero attached hydrogens (tertiary/aromatic N) is 3. The molecule has 120 valence electrons. The number of rotatable bonds is 13.